The van der Waals surface area contributed by atoms with E-state index in [-0.39, 0.29) is 5.56 Å². The zero-order valence-electron chi connectivity index (χ0n) is 20.0. The highest BCUT2D eigenvalue weighted by atomic mass is 19.1. The van der Waals surface area contributed by atoms with E-state index in [0.717, 1.165) is 43.2 Å². The summed E-state index contributed by atoms with van der Waals surface area (Å²) in [5.41, 5.74) is 3.87. The first kappa shape index (κ1) is 24.0. The maximum absolute atomic E-state index is 13.8. The molecule has 3 aromatic rings. The Kier molecular flexibility index (Phi) is 7.64. The number of hydrogen-bond donors (Lipinski definition) is 2. The number of hydrogen-bond acceptors (Lipinski definition) is 7. The molecule has 2 fully saturated rings. The van der Waals surface area contributed by atoms with Crippen LogP contribution in [0.15, 0.2) is 36.8 Å². The van der Waals surface area contributed by atoms with Gasteiger partial charge in [0.2, 0.25) is 0 Å². The predicted octanol–water partition coefficient (Wildman–Crippen LogP) is 3.15. The molecule has 34 heavy (non-hydrogen) atoms. The number of piperidine rings is 1. The third kappa shape index (κ3) is 5.66. The van der Waals surface area contributed by atoms with Gasteiger partial charge >= 0.3 is 0 Å². The highest BCUT2D eigenvalue weighted by molar-refractivity contribution is 5.77. The van der Waals surface area contributed by atoms with Crippen LogP contribution in [0, 0.1) is 12.7 Å². The van der Waals surface area contributed by atoms with Gasteiger partial charge in [0, 0.05) is 36.9 Å². The molecule has 0 amide bonds. The van der Waals surface area contributed by atoms with E-state index >= 15 is 0 Å². The Morgan fingerprint density at radius 2 is 1.74 bits per heavy atom. The van der Waals surface area contributed by atoms with Crippen molar-refractivity contribution < 1.29 is 9.18 Å². The molecule has 0 spiro atoms. The number of aryl methyl sites for hydroxylation is 1. The smallest absolute Gasteiger partial charge is 0.153 e. The van der Waals surface area contributed by atoms with Crippen molar-refractivity contribution >= 4 is 12.0 Å². The number of aromatic nitrogens is 4. The van der Waals surface area contributed by atoms with Crippen LogP contribution in [-0.2, 0) is 0 Å². The Hall–Kier alpha value is -3.17. The molecule has 5 rings (SSSR count). The summed E-state index contributed by atoms with van der Waals surface area (Å²) in [6, 6.07) is 6.33. The zero-order chi connectivity index (χ0) is 24.1. The number of aldehydes is 1. The van der Waals surface area contributed by atoms with E-state index in [1.54, 1.807) is 24.0 Å². The Morgan fingerprint density at radius 1 is 1.03 bits per heavy atom. The van der Waals surface area contributed by atoms with E-state index in [1.165, 1.54) is 25.0 Å². The van der Waals surface area contributed by atoms with E-state index in [0.29, 0.717) is 29.3 Å². The Bertz CT molecular complexity index is 1120. The maximum atomic E-state index is 13.8. The molecular formula is C25H32FN7O. The van der Waals surface area contributed by atoms with Crippen molar-refractivity contribution in [3.05, 3.63) is 53.7 Å². The summed E-state index contributed by atoms with van der Waals surface area (Å²) in [5, 5.41) is 14.9. The lowest BCUT2D eigenvalue weighted by Crippen LogP contribution is -2.41. The molecule has 2 N–H and O–H groups in total. The van der Waals surface area contributed by atoms with Crippen LogP contribution in [0.4, 0.5) is 10.1 Å². The third-order valence-electron chi connectivity index (χ3n) is 6.46. The van der Waals surface area contributed by atoms with E-state index in [4.69, 9.17) is 0 Å². The number of carbonyl (C=O) groups is 1. The number of halogens is 1. The fourth-order valence-corrected chi connectivity index (χ4v) is 4.07. The number of nitrogens with one attached hydrogen (secondary N) is 2. The van der Waals surface area contributed by atoms with Crippen molar-refractivity contribution in [3.8, 4) is 16.9 Å². The number of rotatable bonds is 6. The molecule has 180 valence electrons. The summed E-state index contributed by atoms with van der Waals surface area (Å²) < 4.78 is 15.3. The summed E-state index contributed by atoms with van der Waals surface area (Å²) in [5.74, 6) is -0.541. The Balaban J connectivity index is 0.000000486. The number of carbonyl (C=O) groups excluding carboxylic acids is 1. The second kappa shape index (κ2) is 10.8. The summed E-state index contributed by atoms with van der Waals surface area (Å²) in [7, 11) is 4.02. The molecule has 0 bridgehead atoms. The first-order valence-electron chi connectivity index (χ1n) is 11.7. The van der Waals surface area contributed by atoms with Crippen molar-refractivity contribution in [2.75, 3.05) is 32.1 Å². The van der Waals surface area contributed by atoms with Crippen LogP contribution in [0.5, 0.6) is 0 Å². The van der Waals surface area contributed by atoms with Crippen LogP contribution in [0.2, 0.25) is 0 Å². The van der Waals surface area contributed by atoms with Gasteiger partial charge in [-0.3, -0.25) is 9.78 Å². The first-order chi connectivity index (χ1) is 16.5. The molecule has 1 saturated heterocycles. The zero-order valence-corrected chi connectivity index (χ0v) is 20.0. The molecule has 0 radical (unpaired) electrons. The first-order valence-corrected chi connectivity index (χ1v) is 11.7. The van der Waals surface area contributed by atoms with Crippen molar-refractivity contribution in [1.29, 1.82) is 0 Å². The fraction of sp³-hybridized carbons (Fsp3) is 0.440. The van der Waals surface area contributed by atoms with E-state index in [9.17, 15) is 9.18 Å². The molecule has 0 unspecified atom stereocenters. The molecule has 2 aliphatic rings. The predicted molar refractivity (Wildman–Crippen MR) is 131 cm³/mol. The summed E-state index contributed by atoms with van der Waals surface area (Å²) in [6.07, 6.45) is 10.9. The van der Waals surface area contributed by atoms with Gasteiger partial charge in [0.1, 0.15) is 11.5 Å². The molecule has 3 heterocycles. The molecule has 1 aromatic carbocycles. The van der Waals surface area contributed by atoms with Crippen LogP contribution in [0.3, 0.4) is 0 Å². The van der Waals surface area contributed by atoms with Gasteiger partial charge in [-0.2, -0.15) is 0 Å². The Morgan fingerprint density at radius 3 is 2.35 bits per heavy atom. The van der Waals surface area contributed by atoms with Gasteiger partial charge in [0.25, 0.3) is 0 Å². The minimum Gasteiger partial charge on any atom is -0.370 e. The maximum Gasteiger partial charge on any atom is 0.153 e. The van der Waals surface area contributed by atoms with E-state index < -0.39 is 5.82 Å². The fourth-order valence-electron chi connectivity index (χ4n) is 4.07. The van der Waals surface area contributed by atoms with Crippen LogP contribution < -0.4 is 15.5 Å². The third-order valence-corrected chi connectivity index (χ3v) is 6.46. The van der Waals surface area contributed by atoms with Crippen molar-refractivity contribution in [1.82, 2.24) is 30.6 Å². The monoisotopic (exact) mass is 465 g/mol. The molecular weight excluding hydrogens is 433 g/mol. The van der Waals surface area contributed by atoms with E-state index in [2.05, 4.69) is 36.9 Å². The van der Waals surface area contributed by atoms with Crippen molar-refractivity contribution in [2.45, 2.75) is 44.7 Å². The van der Waals surface area contributed by atoms with Crippen LogP contribution in [0.25, 0.3) is 16.9 Å². The van der Waals surface area contributed by atoms with Gasteiger partial charge in [0.05, 0.1) is 29.3 Å². The molecule has 8 nitrogen and oxygen atoms in total. The average molecular weight is 466 g/mol. The molecule has 1 saturated carbocycles. The minimum atomic E-state index is -0.541. The SMILES string of the molecule is CNC1CC1.CNC1CCN(c2cncc(-c3cn(-c4cc(C=O)c(F)cc4C)nn3)c2)CC1. The standard InChI is InChI=1S/C21H23FN6O.C4H9N/c1-14-7-19(22)16(13-29)9-21(14)28-12-20(25-26-28)15-8-18(11-24-10-15)27-5-3-17(23-2)4-6-27;1-5-4-2-3-4/h7-13,17,23H,3-6H2,1-2H3;4-5H,2-3H2,1H3. The largest absolute Gasteiger partial charge is 0.370 e. The number of benzene rings is 1. The molecule has 0 atom stereocenters. The summed E-state index contributed by atoms with van der Waals surface area (Å²) >= 11 is 0. The quantitative estimate of drug-likeness (QED) is 0.541. The van der Waals surface area contributed by atoms with Gasteiger partial charge in [-0.25, -0.2) is 9.07 Å². The second-order valence-electron chi connectivity index (χ2n) is 8.87. The van der Waals surface area contributed by atoms with Gasteiger partial charge < -0.3 is 15.5 Å². The van der Waals surface area contributed by atoms with Crippen LogP contribution in [-0.4, -0.2) is 65.5 Å². The molecule has 1 aliphatic carbocycles. The number of nitrogens with zero attached hydrogens (tertiary/aromatic N) is 5. The van der Waals surface area contributed by atoms with Crippen LogP contribution >= 0.6 is 0 Å². The lowest BCUT2D eigenvalue weighted by atomic mass is 10.0. The number of anilines is 1. The van der Waals surface area contributed by atoms with Gasteiger partial charge in [-0.1, -0.05) is 5.21 Å². The lowest BCUT2D eigenvalue weighted by Gasteiger charge is -2.33. The average Bonchev–Trinajstić information content (AvgIpc) is 3.60. The van der Waals surface area contributed by atoms with Crippen molar-refractivity contribution in [3.63, 3.8) is 0 Å². The number of pyridine rings is 1. The lowest BCUT2D eigenvalue weighted by molar-refractivity contribution is 0.111. The summed E-state index contributed by atoms with van der Waals surface area (Å²) in [6.45, 7) is 3.73. The minimum absolute atomic E-state index is 0.00344. The highest BCUT2D eigenvalue weighted by Crippen LogP contribution is 2.26. The second-order valence-corrected chi connectivity index (χ2v) is 8.87. The highest BCUT2D eigenvalue weighted by Gasteiger charge is 2.19. The van der Waals surface area contributed by atoms with Gasteiger partial charge in [-0.05, 0) is 70.5 Å². The van der Waals surface area contributed by atoms with Crippen molar-refractivity contribution in [2.24, 2.45) is 0 Å². The topological polar surface area (TPSA) is 88.0 Å². The normalized spacial score (nSPS) is 16.2. The summed E-state index contributed by atoms with van der Waals surface area (Å²) in [4.78, 5) is 17.8. The molecule has 1 aliphatic heterocycles. The van der Waals surface area contributed by atoms with E-state index in [1.807, 2.05) is 20.3 Å². The molecule has 9 heteroatoms. The molecule has 2 aromatic heterocycles. The Labute approximate surface area is 199 Å². The van der Waals surface area contributed by atoms with Gasteiger partial charge in [-0.15, -0.1) is 5.10 Å². The van der Waals surface area contributed by atoms with Crippen LogP contribution in [0.1, 0.15) is 41.6 Å². The van der Waals surface area contributed by atoms with Gasteiger partial charge in [0.15, 0.2) is 6.29 Å².